The van der Waals surface area contributed by atoms with Gasteiger partial charge in [-0.1, -0.05) is 0 Å². The molecule has 0 spiro atoms. The number of nitro groups is 1. The number of thiazole rings is 1. The number of benzene rings is 1. The Balaban J connectivity index is 1.47. The van der Waals surface area contributed by atoms with Crippen molar-refractivity contribution in [2.45, 2.75) is 31.8 Å². The summed E-state index contributed by atoms with van der Waals surface area (Å²) in [6, 6.07) is 6.78. The molecule has 0 radical (unpaired) electrons. The summed E-state index contributed by atoms with van der Waals surface area (Å²) in [7, 11) is 0. The van der Waals surface area contributed by atoms with Gasteiger partial charge in [-0.2, -0.15) is 0 Å². The summed E-state index contributed by atoms with van der Waals surface area (Å²) >= 11 is 1.31. The topological polar surface area (TPSA) is 88.4 Å². The molecule has 0 unspecified atom stereocenters. The van der Waals surface area contributed by atoms with Crippen molar-refractivity contribution in [1.29, 1.82) is 0 Å². The third-order valence-corrected chi connectivity index (χ3v) is 6.58. The molecule has 3 aliphatic rings. The Morgan fingerprint density at radius 3 is 2.62 bits per heavy atom. The Labute approximate surface area is 155 Å². The number of amides is 1. The number of hydrogen-bond acceptors (Lipinski definition) is 6. The minimum atomic E-state index is -0.431. The molecule has 1 aromatic heterocycles. The quantitative estimate of drug-likeness (QED) is 0.658. The maximum Gasteiger partial charge on any atom is 0.269 e. The van der Waals surface area contributed by atoms with E-state index in [2.05, 4.69) is 22.1 Å². The largest absolute Gasteiger partial charge is 0.347 e. The van der Waals surface area contributed by atoms with E-state index in [4.69, 9.17) is 0 Å². The molecule has 7 nitrogen and oxygen atoms in total. The van der Waals surface area contributed by atoms with Gasteiger partial charge in [0, 0.05) is 29.8 Å². The zero-order valence-electron chi connectivity index (χ0n) is 14.4. The van der Waals surface area contributed by atoms with E-state index in [-0.39, 0.29) is 17.6 Å². The number of carbonyl (C=O) groups excluding carboxylic acids is 1. The summed E-state index contributed by atoms with van der Waals surface area (Å²) < 4.78 is 0. The highest BCUT2D eigenvalue weighted by Crippen LogP contribution is 2.33. The maximum absolute atomic E-state index is 12.7. The predicted octanol–water partition coefficient (Wildman–Crippen LogP) is 2.93. The van der Waals surface area contributed by atoms with E-state index in [1.165, 1.54) is 23.5 Å². The number of aromatic nitrogens is 1. The molecule has 5 rings (SSSR count). The molecule has 3 saturated heterocycles. The molecule has 2 atom stereocenters. The number of non-ortho nitro benzene ring substituents is 1. The van der Waals surface area contributed by atoms with Crippen LogP contribution >= 0.6 is 11.3 Å². The van der Waals surface area contributed by atoms with Gasteiger partial charge in [-0.25, -0.2) is 4.98 Å². The first-order chi connectivity index (χ1) is 12.5. The standard InChI is InChI=1S/C18H20N4O3S/c1-11-16(12-6-8-21(11)9-7-12)20-17(23)15-10-19-18(26-15)13-2-4-14(5-3-13)22(24)25/h2-5,10-12,16H,6-9H2,1H3,(H,20,23)/t11-,16-/m0/s1. The number of carbonyl (C=O) groups is 1. The van der Waals surface area contributed by atoms with Crippen molar-refractivity contribution in [2.75, 3.05) is 13.1 Å². The summed E-state index contributed by atoms with van der Waals surface area (Å²) in [5, 5.41) is 14.6. The van der Waals surface area contributed by atoms with Crippen molar-refractivity contribution in [1.82, 2.24) is 15.2 Å². The number of nitrogens with one attached hydrogen (secondary N) is 1. The van der Waals surface area contributed by atoms with Crippen LogP contribution in [0.3, 0.4) is 0 Å². The molecule has 3 fully saturated rings. The molecule has 3 aliphatic heterocycles. The van der Waals surface area contributed by atoms with Crippen LogP contribution in [0.5, 0.6) is 0 Å². The van der Waals surface area contributed by atoms with Crippen LogP contribution in [0, 0.1) is 16.0 Å². The summed E-state index contributed by atoms with van der Waals surface area (Å²) in [6.45, 7) is 4.44. The van der Waals surface area contributed by atoms with Crippen molar-refractivity contribution in [3.8, 4) is 10.6 Å². The van der Waals surface area contributed by atoms with Gasteiger partial charge < -0.3 is 5.32 Å². The number of hydrogen-bond donors (Lipinski definition) is 1. The van der Waals surface area contributed by atoms with Crippen LogP contribution in [0.4, 0.5) is 5.69 Å². The monoisotopic (exact) mass is 372 g/mol. The van der Waals surface area contributed by atoms with Crippen LogP contribution in [0.15, 0.2) is 30.5 Å². The van der Waals surface area contributed by atoms with Gasteiger partial charge in [0.15, 0.2) is 0 Å². The number of nitro benzene ring substituents is 1. The van der Waals surface area contributed by atoms with Gasteiger partial charge in [-0.15, -0.1) is 11.3 Å². The second-order valence-electron chi connectivity index (χ2n) is 6.95. The highest BCUT2D eigenvalue weighted by Gasteiger charge is 2.40. The molecular formula is C18H20N4O3S. The third kappa shape index (κ3) is 3.10. The molecular weight excluding hydrogens is 352 g/mol. The fourth-order valence-electron chi connectivity index (χ4n) is 4.01. The SMILES string of the molecule is C[C@H]1[C@H](NC(=O)c2cnc(-c3ccc([N+](=O)[O-])cc3)s2)C2CCN1CC2. The molecule has 1 aromatic carbocycles. The van der Waals surface area contributed by atoms with Gasteiger partial charge in [0.05, 0.1) is 11.1 Å². The van der Waals surface area contributed by atoms with Gasteiger partial charge in [0.2, 0.25) is 0 Å². The van der Waals surface area contributed by atoms with Crippen LogP contribution in [0.1, 0.15) is 29.4 Å². The lowest BCUT2D eigenvalue weighted by Crippen LogP contribution is -2.62. The van der Waals surface area contributed by atoms with Gasteiger partial charge in [0.25, 0.3) is 11.6 Å². The van der Waals surface area contributed by atoms with E-state index in [0.29, 0.717) is 21.8 Å². The van der Waals surface area contributed by atoms with Gasteiger partial charge in [0.1, 0.15) is 9.88 Å². The molecule has 0 saturated carbocycles. The van der Waals surface area contributed by atoms with Crippen molar-refractivity contribution in [3.63, 3.8) is 0 Å². The molecule has 0 aliphatic carbocycles. The normalized spacial score (nSPS) is 27.3. The Bertz CT molecular complexity index is 825. The van der Waals surface area contributed by atoms with Crippen LogP contribution in [-0.4, -0.2) is 45.9 Å². The zero-order chi connectivity index (χ0) is 18.3. The molecule has 136 valence electrons. The second-order valence-corrected chi connectivity index (χ2v) is 7.98. The first kappa shape index (κ1) is 17.1. The van der Waals surface area contributed by atoms with Crippen LogP contribution < -0.4 is 5.32 Å². The van der Waals surface area contributed by atoms with E-state index in [1.807, 2.05) is 0 Å². The van der Waals surface area contributed by atoms with E-state index in [9.17, 15) is 14.9 Å². The van der Waals surface area contributed by atoms with Gasteiger partial charge in [-0.05, 0) is 50.9 Å². The average Bonchev–Trinajstić information content (AvgIpc) is 3.15. The highest BCUT2D eigenvalue weighted by molar-refractivity contribution is 7.16. The van der Waals surface area contributed by atoms with Gasteiger partial charge in [-0.3, -0.25) is 19.8 Å². The van der Waals surface area contributed by atoms with E-state index in [1.54, 1.807) is 18.3 Å². The Morgan fingerprint density at radius 1 is 1.31 bits per heavy atom. The fraction of sp³-hybridized carbons (Fsp3) is 0.444. The van der Waals surface area contributed by atoms with Crippen molar-refractivity contribution < 1.29 is 9.72 Å². The number of piperidine rings is 3. The lowest BCUT2D eigenvalue weighted by molar-refractivity contribution is -0.384. The highest BCUT2D eigenvalue weighted by atomic mass is 32.1. The predicted molar refractivity (Wildman–Crippen MR) is 99.2 cm³/mol. The molecule has 26 heavy (non-hydrogen) atoms. The Morgan fingerprint density at radius 2 is 2.00 bits per heavy atom. The lowest BCUT2D eigenvalue weighted by Gasteiger charge is -2.49. The summed E-state index contributed by atoms with van der Waals surface area (Å²) in [4.78, 5) is 30.3. The molecule has 1 amide bonds. The number of nitrogens with zero attached hydrogens (tertiary/aromatic N) is 3. The van der Waals surface area contributed by atoms with Crippen molar-refractivity contribution >= 4 is 22.9 Å². The second kappa shape index (κ2) is 6.77. The summed E-state index contributed by atoms with van der Waals surface area (Å²) in [5.41, 5.74) is 0.815. The Hall–Kier alpha value is -2.32. The lowest BCUT2D eigenvalue weighted by atomic mass is 9.79. The summed E-state index contributed by atoms with van der Waals surface area (Å²) in [5.74, 6) is 0.474. The molecule has 8 heteroatoms. The Kier molecular flexibility index (Phi) is 4.46. The first-order valence-electron chi connectivity index (χ1n) is 8.78. The van der Waals surface area contributed by atoms with Crippen LogP contribution in [0.2, 0.25) is 0 Å². The summed E-state index contributed by atoms with van der Waals surface area (Å²) in [6.07, 6.45) is 3.88. The number of rotatable bonds is 4. The molecule has 2 aromatic rings. The van der Waals surface area contributed by atoms with Gasteiger partial charge >= 0.3 is 0 Å². The van der Waals surface area contributed by atoms with E-state index in [0.717, 1.165) is 31.5 Å². The smallest absolute Gasteiger partial charge is 0.269 e. The van der Waals surface area contributed by atoms with Crippen molar-refractivity contribution in [3.05, 3.63) is 45.5 Å². The fourth-order valence-corrected chi connectivity index (χ4v) is 4.83. The molecule has 4 heterocycles. The molecule has 2 bridgehead atoms. The van der Waals surface area contributed by atoms with Crippen LogP contribution in [0.25, 0.3) is 10.6 Å². The van der Waals surface area contributed by atoms with Crippen LogP contribution in [-0.2, 0) is 0 Å². The minimum Gasteiger partial charge on any atom is -0.347 e. The molecule has 1 N–H and O–H groups in total. The van der Waals surface area contributed by atoms with Crippen molar-refractivity contribution in [2.24, 2.45) is 5.92 Å². The first-order valence-corrected chi connectivity index (χ1v) is 9.60. The zero-order valence-corrected chi connectivity index (χ0v) is 15.2. The van der Waals surface area contributed by atoms with E-state index >= 15 is 0 Å². The third-order valence-electron chi connectivity index (χ3n) is 5.53. The maximum atomic E-state index is 12.7. The van der Waals surface area contributed by atoms with E-state index < -0.39 is 4.92 Å². The average molecular weight is 372 g/mol. The number of fused-ring (bicyclic) bond motifs is 3. The minimum absolute atomic E-state index is 0.0413.